The zero-order chi connectivity index (χ0) is 11.5. The molecule has 2 aliphatic heterocycles. The molecule has 1 aliphatic carbocycles. The van der Waals surface area contributed by atoms with Crippen molar-refractivity contribution >= 4 is 11.6 Å². The molecule has 2 N–H and O–H groups in total. The summed E-state index contributed by atoms with van der Waals surface area (Å²) in [6.45, 7) is 4.60. The number of nitrogens with zero attached hydrogens (tertiary/aromatic N) is 2. The second-order valence-corrected chi connectivity index (χ2v) is 6.04. The monoisotopic (exact) mass is 232 g/mol. The fraction of sp³-hybridized carbons (Fsp3) is 0.769. The van der Waals surface area contributed by atoms with Crippen molar-refractivity contribution in [3.05, 3.63) is 5.56 Å². The second kappa shape index (κ2) is 3.18. The molecule has 4 nitrogen and oxygen atoms in total. The number of hydrogen-bond donors (Lipinski definition) is 2. The molecule has 0 radical (unpaired) electrons. The van der Waals surface area contributed by atoms with Crippen molar-refractivity contribution in [1.82, 2.24) is 9.78 Å². The minimum atomic E-state index is 0.519. The Kier molecular flexibility index (Phi) is 1.83. The standard InChI is InChI=1S/C13H20N4/c1-13(5-6-13)10-4-8-15-12-9-3-2-7-14-11(9)16-17(10)12/h10,15H,2-8H2,1H3,(H,14,16). The molecule has 0 aromatic carbocycles. The van der Waals surface area contributed by atoms with E-state index < -0.39 is 0 Å². The van der Waals surface area contributed by atoms with Crippen LogP contribution in [0.15, 0.2) is 0 Å². The van der Waals surface area contributed by atoms with E-state index in [1.165, 1.54) is 43.5 Å². The van der Waals surface area contributed by atoms with E-state index in [-0.39, 0.29) is 0 Å². The van der Waals surface area contributed by atoms with Gasteiger partial charge in [-0.2, -0.15) is 5.10 Å². The zero-order valence-corrected chi connectivity index (χ0v) is 10.4. The number of nitrogens with one attached hydrogen (secondary N) is 2. The number of hydrogen-bond acceptors (Lipinski definition) is 3. The van der Waals surface area contributed by atoms with Crippen molar-refractivity contribution in [3.63, 3.8) is 0 Å². The molecule has 1 unspecified atom stereocenters. The van der Waals surface area contributed by atoms with Crippen LogP contribution in [0.1, 0.15) is 44.2 Å². The van der Waals surface area contributed by atoms with Gasteiger partial charge in [0.15, 0.2) is 5.82 Å². The molecule has 1 aromatic rings. The third-order valence-electron chi connectivity index (χ3n) is 4.75. The lowest BCUT2D eigenvalue weighted by Gasteiger charge is -2.30. The summed E-state index contributed by atoms with van der Waals surface area (Å²) in [7, 11) is 0. The van der Waals surface area contributed by atoms with E-state index in [4.69, 9.17) is 5.10 Å². The second-order valence-electron chi connectivity index (χ2n) is 6.04. The molecule has 3 aliphatic rings. The van der Waals surface area contributed by atoms with Crippen LogP contribution in [0.4, 0.5) is 11.6 Å². The normalized spacial score (nSPS) is 28.6. The van der Waals surface area contributed by atoms with E-state index in [2.05, 4.69) is 22.2 Å². The highest BCUT2D eigenvalue weighted by molar-refractivity contribution is 5.61. The molecule has 0 spiro atoms. The third kappa shape index (κ3) is 1.33. The Balaban J connectivity index is 1.80. The Bertz CT molecular complexity index is 458. The molecule has 1 aromatic heterocycles. The predicted octanol–water partition coefficient (Wildman–Crippen LogP) is 2.40. The minimum absolute atomic E-state index is 0.519. The van der Waals surface area contributed by atoms with Gasteiger partial charge in [-0.25, -0.2) is 4.68 Å². The lowest BCUT2D eigenvalue weighted by molar-refractivity contribution is 0.285. The summed E-state index contributed by atoms with van der Waals surface area (Å²) in [5.74, 6) is 2.44. The van der Waals surface area contributed by atoms with Crippen molar-refractivity contribution in [2.24, 2.45) is 5.41 Å². The van der Waals surface area contributed by atoms with Gasteiger partial charge < -0.3 is 10.6 Å². The maximum Gasteiger partial charge on any atom is 0.153 e. The van der Waals surface area contributed by atoms with E-state index in [0.717, 1.165) is 18.9 Å². The molecule has 1 atom stereocenters. The molecule has 4 rings (SSSR count). The van der Waals surface area contributed by atoms with Crippen molar-refractivity contribution in [2.45, 2.75) is 45.1 Å². The van der Waals surface area contributed by atoms with Gasteiger partial charge in [0.1, 0.15) is 5.82 Å². The molecule has 92 valence electrons. The quantitative estimate of drug-likeness (QED) is 0.781. The summed E-state index contributed by atoms with van der Waals surface area (Å²) in [4.78, 5) is 0. The van der Waals surface area contributed by atoms with Crippen LogP contribution in [0.3, 0.4) is 0 Å². The van der Waals surface area contributed by atoms with Gasteiger partial charge in [0.05, 0.1) is 6.04 Å². The first-order valence-corrected chi connectivity index (χ1v) is 6.87. The molecule has 3 heterocycles. The lowest BCUT2D eigenvalue weighted by Crippen LogP contribution is -2.29. The minimum Gasteiger partial charge on any atom is -0.370 e. The van der Waals surface area contributed by atoms with Crippen LogP contribution in [0.25, 0.3) is 0 Å². The van der Waals surface area contributed by atoms with E-state index in [1.54, 1.807) is 0 Å². The highest BCUT2D eigenvalue weighted by Gasteiger charge is 2.48. The summed E-state index contributed by atoms with van der Waals surface area (Å²) in [5.41, 5.74) is 1.94. The van der Waals surface area contributed by atoms with E-state index in [9.17, 15) is 0 Å². The zero-order valence-electron chi connectivity index (χ0n) is 10.4. The highest BCUT2D eigenvalue weighted by atomic mass is 15.4. The average molecular weight is 232 g/mol. The number of rotatable bonds is 1. The van der Waals surface area contributed by atoms with Crippen molar-refractivity contribution in [2.75, 3.05) is 23.7 Å². The summed E-state index contributed by atoms with van der Waals surface area (Å²) in [5, 5.41) is 11.8. The molecule has 0 saturated heterocycles. The SMILES string of the molecule is CC1(C2CCNc3c4c(nn32)NCCC4)CC1. The van der Waals surface area contributed by atoms with Gasteiger partial charge in [0.25, 0.3) is 0 Å². The molecule has 1 saturated carbocycles. The molecule has 17 heavy (non-hydrogen) atoms. The molecular weight excluding hydrogens is 212 g/mol. The summed E-state index contributed by atoms with van der Waals surface area (Å²) < 4.78 is 2.29. The van der Waals surface area contributed by atoms with Crippen LogP contribution in [0.2, 0.25) is 0 Å². The first kappa shape index (κ1) is 9.80. The topological polar surface area (TPSA) is 41.9 Å². The summed E-state index contributed by atoms with van der Waals surface area (Å²) in [6.07, 6.45) is 6.37. The molecule has 0 amide bonds. The first-order chi connectivity index (χ1) is 8.28. The summed E-state index contributed by atoms with van der Waals surface area (Å²) in [6, 6.07) is 0.617. The Morgan fingerprint density at radius 3 is 3.00 bits per heavy atom. The third-order valence-corrected chi connectivity index (χ3v) is 4.75. The number of aromatic nitrogens is 2. The number of fused-ring (bicyclic) bond motifs is 3. The summed E-state index contributed by atoms with van der Waals surface area (Å²) >= 11 is 0. The van der Waals surface area contributed by atoms with Gasteiger partial charge in [-0.05, 0) is 37.5 Å². The molecular formula is C13H20N4. The maximum atomic E-state index is 4.82. The fourth-order valence-corrected chi connectivity index (χ4v) is 3.36. The van der Waals surface area contributed by atoms with E-state index in [1.807, 2.05) is 0 Å². The van der Waals surface area contributed by atoms with Gasteiger partial charge in [-0.1, -0.05) is 6.92 Å². The lowest BCUT2D eigenvalue weighted by atomic mass is 9.94. The van der Waals surface area contributed by atoms with Crippen molar-refractivity contribution in [1.29, 1.82) is 0 Å². The van der Waals surface area contributed by atoms with Crippen molar-refractivity contribution in [3.8, 4) is 0 Å². The van der Waals surface area contributed by atoms with Gasteiger partial charge in [-0.15, -0.1) is 0 Å². The van der Waals surface area contributed by atoms with Gasteiger partial charge in [0.2, 0.25) is 0 Å². The van der Waals surface area contributed by atoms with Crippen LogP contribution >= 0.6 is 0 Å². The van der Waals surface area contributed by atoms with Crippen LogP contribution in [0.5, 0.6) is 0 Å². The molecule has 4 heteroatoms. The highest BCUT2D eigenvalue weighted by Crippen LogP contribution is 2.56. The fourth-order valence-electron chi connectivity index (χ4n) is 3.36. The Labute approximate surface area is 102 Å². The first-order valence-electron chi connectivity index (χ1n) is 6.87. The van der Waals surface area contributed by atoms with Crippen LogP contribution in [0, 0.1) is 5.41 Å². The van der Waals surface area contributed by atoms with Gasteiger partial charge in [0, 0.05) is 18.7 Å². The largest absolute Gasteiger partial charge is 0.370 e. The Morgan fingerprint density at radius 2 is 2.18 bits per heavy atom. The molecule has 1 fully saturated rings. The number of anilines is 2. The molecule has 0 bridgehead atoms. The Hall–Kier alpha value is -1.19. The van der Waals surface area contributed by atoms with E-state index >= 15 is 0 Å². The predicted molar refractivity (Wildman–Crippen MR) is 68.5 cm³/mol. The van der Waals surface area contributed by atoms with Gasteiger partial charge >= 0.3 is 0 Å². The van der Waals surface area contributed by atoms with Crippen LogP contribution in [-0.2, 0) is 6.42 Å². The van der Waals surface area contributed by atoms with E-state index in [0.29, 0.717) is 11.5 Å². The smallest absolute Gasteiger partial charge is 0.153 e. The van der Waals surface area contributed by atoms with Gasteiger partial charge in [-0.3, -0.25) is 0 Å². The van der Waals surface area contributed by atoms with Crippen molar-refractivity contribution < 1.29 is 0 Å². The van der Waals surface area contributed by atoms with Crippen LogP contribution < -0.4 is 10.6 Å². The van der Waals surface area contributed by atoms with Crippen LogP contribution in [-0.4, -0.2) is 22.9 Å². The average Bonchev–Trinajstić information content (AvgIpc) is 2.99. The maximum absolute atomic E-state index is 4.82. The Morgan fingerprint density at radius 1 is 1.29 bits per heavy atom.